The molecule has 0 N–H and O–H groups in total. The number of thioether (sulfide) groups is 2. The summed E-state index contributed by atoms with van der Waals surface area (Å²) in [4.78, 5) is 12.3. The molecule has 0 heterocycles. The molecular formula is C14H20OS2. The first-order valence-electron chi connectivity index (χ1n) is 6.06. The van der Waals surface area contributed by atoms with Crippen LogP contribution in [-0.4, -0.2) is 22.5 Å². The van der Waals surface area contributed by atoms with Crippen molar-refractivity contribution in [3.63, 3.8) is 0 Å². The smallest absolute Gasteiger partial charge is 0.134 e. The Labute approximate surface area is 113 Å². The molecule has 0 aliphatic heterocycles. The largest absolute Gasteiger partial charge is 0.302 e. The lowest BCUT2D eigenvalue weighted by molar-refractivity contribution is -0.107. The minimum absolute atomic E-state index is 0.103. The van der Waals surface area contributed by atoms with Crippen LogP contribution < -0.4 is 0 Å². The van der Waals surface area contributed by atoms with Gasteiger partial charge in [0.25, 0.3) is 0 Å². The lowest BCUT2D eigenvalue weighted by atomic mass is 10.3. The molecule has 0 bridgehead atoms. The zero-order valence-electron chi connectivity index (χ0n) is 10.5. The van der Waals surface area contributed by atoms with Crippen LogP contribution in [0.3, 0.4) is 0 Å². The zero-order valence-corrected chi connectivity index (χ0v) is 12.1. The average molecular weight is 268 g/mol. The maximum absolute atomic E-state index is 11.1. The van der Waals surface area contributed by atoms with Crippen LogP contribution in [0.5, 0.6) is 0 Å². The molecule has 1 aromatic carbocycles. The summed E-state index contributed by atoms with van der Waals surface area (Å²) in [5.74, 6) is 1.08. The first kappa shape index (κ1) is 14.7. The van der Waals surface area contributed by atoms with Gasteiger partial charge in [0.2, 0.25) is 0 Å². The fourth-order valence-corrected chi connectivity index (χ4v) is 3.85. The van der Waals surface area contributed by atoms with Gasteiger partial charge >= 0.3 is 0 Å². The average Bonchev–Trinajstić information content (AvgIpc) is 2.36. The van der Waals surface area contributed by atoms with Crippen molar-refractivity contribution in [1.29, 1.82) is 0 Å². The highest BCUT2D eigenvalue weighted by Crippen LogP contribution is 2.29. The lowest BCUT2D eigenvalue weighted by Gasteiger charge is -2.17. The normalized spacial score (nSPS) is 14.2. The van der Waals surface area contributed by atoms with Gasteiger partial charge in [0.05, 0.1) is 5.25 Å². The molecule has 1 rings (SSSR count). The third kappa shape index (κ3) is 5.64. The number of carbonyl (C=O) groups is 1. The highest BCUT2D eigenvalue weighted by molar-refractivity contribution is 8.04. The van der Waals surface area contributed by atoms with E-state index in [2.05, 4.69) is 26.0 Å². The molecule has 2 atom stereocenters. The van der Waals surface area contributed by atoms with Crippen molar-refractivity contribution >= 4 is 29.8 Å². The predicted molar refractivity (Wildman–Crippen MR) is 79.0 cm³/mol. The second-order valence-corrected chi connectivity index (χ2v) is 6.70. The number of benzene rings is 1. The third-order valence-corrected chi connectivity index (χ3v) is 5.28. The molecule has 1 aromatic rings. The number of rotatable bonds is 8. The van der Waals surface area contributed by atoms with E-state index in [-0.39, 0.29) is 5.25 Å². The van der Waals surface area contributed by atoms with Crippen molar-refractivity contribution in [2.24, 2.45) is 0 Å². The molecule has 0 radical (unpaired) electrons. The number of hydrogen-bond donors (Lipinski definition) is 0. The topological polar surface area (TPSA) is 17.1 Å². The molecule has 1 nitrogen and oxygen atoms in total. The predicted octanol–water partition coefficient (Wildman–Crippen LogP) is 4.27. The molecule has 3 heteroatoms. The Hall–Kier alpha value is -0.410. The van der Waals surface area contributed by atoms with E-state index in [1.54, 1.807) is 23.5 Å². The van der Waals surface area contributed by atoms with Crippen LogP contribution in [0, 0.1) is 0 Å². The van der Waals surface area contributed by atoms with Crippen LogP contribution in [-0.2, 0) is 4.79 Å². The molecule has 0 fully saturated rings. The lowest BCUT2D eigenvalue weighted by Crippen LogP contribution is -2.18. The second kappa shape index (κ2) is 8.65. The first-order valence-corrected chi connectivity index (χ1v) is 7.99. The van der Waals surface area contributed by atoms with E-state index in [9.17, 15) is 4.79 Å². The van der Waals surface area contributed by atoms with Gasteiger partial charge in [0.15, 0.2) is 0 Å². The number of aldehydes is 1. The number of carbonyl (C=O) groups excluding carboxylic acids is 1. The summed E-state index contributed by atoms with van der Waals surface area (Å²) in [6, 6.07) is 10.3. The summed E-state index contributed by atoms with van der Waals surface area (Å²) in [7, 11) is 0. The van der Waals surface area contributed by atoms with Crippen molar-refractivity contribution in [1.82, 2.24) is 0 Å². The Balaban J connectivity index is 2.43. The Morgan fingerprint density at radius 1 is 1.29 bits per heavy atom. The van der Waals surface area contributed by atoms with E-state index in [1.807, 2.05) is 18.2 Å². The van der Waals surface area contributed by atoms with Crippen LogP contribution in [0.1, 0.15) is 26.7 Å². The van der Waals surface area contributed by atoms with Crippen molar-refractivity contribution in [2.45, 2.75) is 42.1 Å². The molecule has 0 spiro atoms. The van der Waals surface area contributed by atoms with Gasteiger partial charge in [-0.2, -0.15) is 0 Å². The maximum atomic E-state index is 11.1. The van der Waals surface area contributed by atoms with Gasteiger partial charge in [-0.05, 0) is 24.3 Å². The molecule has 0 aliphatic rings. The second-order valence-electron chi connectivity index (χ2n) is 3.96. The van der Waals surface area contributed by atoms with E-state index < -0.39 is 0 Å². The van der Waals surface area contributed by atoms with Crippen molar-refractivity contribution < 1.29 is 4.79 Å². The summed E-state index contributed by atoms with van der Waals surface area (Å²) in [5.41, 5.74) is 0. The van der Waals surface area contributed by atoms with E-state index in [1.165, 1.54) is 17.7 Å². The molecule has 2 unspecified atom stereocenters. The van der Waals surface area contributed by atoms with Crippen LogP contribution in [0.4, 0.5) is 0 Å². The van der Waals surface area contributed by atoms with Crippen molar-refractivity contribution in [3.05, 3.63) is 30.3 Å². The summed E-state index contributed by atoms with van der Waals surface area (Å²) in [6.07, 6.45) is 3.48. The minimum Gasteiger partial charge on any atom is -0.302 e. The van der Waals surface area contributed by atoms with E-state index in [0.717, 1.165) is 12.0 Å². The van der Waals surface area contributed by atoms with E-state index >= 15 is 0 Å². The van der Waals surface area contributed by atoms with Crippen LogP contribution >= 0.6 is 23.5 Å². The molecule has 0 aliphatic carbocycles. The molecular weight excluding hydrogens is 248 g/mol. The number of unbranched alkanes of at least 4 members (excludes halogenated alkanes) is 1. The maximum Gasteiger partial charge on any atom is 0.134 e. The van der Waals surface area contributed by atoms with Crippen molar-refractivity contribution in [3.8, 4) is 0 Å². The standard InChI is InChI=1S/C14H20OS2/c1-3-4-10-16-14(11-15)12(2)17-13-8-6-5-7-9-13/h5-9,11-12,14H,3-4,10H2,1-2H3. The van der Waals surface area contributed by atoms with Crippen molar-refractivity contribution in [2.75, 3.05) is 5.75 Å². The van der Waals surface area contributed by atoms with E-state index in [0.29, 0.717) is 5.25 Å². The third-order valence-electron chi connectivity index (χ3n) is 2.47. The summed E-state index contributed by atoms with van der Waals surface area (Å²) < 4.78 is 0. The number of hydrogen-bond acceptors (Lipinski definition) is 3. The van der Waals surface area contributed by atoms with Crippen LogP contribution in [0.15, 0.2) is 35.2 Å². The van der Waals surface area contributed by atoms with Gasteiger partial charge in [-0.3, -0.25) is 0 Å². The zero-order chi connectivity index (χ0) is 12.5. The molecule has 0 aromatic heterocycles. The van der Waals surface area contributed by atoms with Gasteiger partial charge in [-0.25, -0.2) is 0 Å². The Bertz CT molecular complexity index is 313. The minimum atomic E-state index is 0.103. The Kier molecular flexibility index (Phi) is 7.45. The highest BCUT2D eigenvalue weighted by atomic mass is 32.2. The van der Waals surface area contributed by atoms with Gasteiger partial charge in [0.1, 0.15) is 6.29 Å². The fraction of sp³-hybridized carbons (Fsp3) is 0.500. The molecule has 0 saturated heterocycles. The summed E-state index contributed by atoms with van der Waals surface area (Å²) in [5, 5.41) is 0.434. The summed E-state index contributed by atoms with van der Waals surface area (Å²) in [6.45, 7) is 4.31. The van der Waals surface area contributed by atoms with Gasteiger partial charge in [-0.1, -0.05) is 38.5 Å². The van der Waals surface area contributed by atoms with Crippen LogP contribution in [0.25, 0.3) is 0 Å². The highest BCUT2D eigenvalue weighted by Gasteiger charge is 2.17. The molecule has 0 amide bonds. The molecule has 0 saturated carbocycles. The first-order chi connectivity index (χ1) is 8.27. The van der Waals surface area contributed by atoms with Crippen LogP contribution in [0.2, 0.25) is 0 Å². The van der Waals surface area contributed by atoms with Gasteiger partial charge < -0.3 is 4.79 Å². The fourth-order valence-electron chi connectivity index (χ4n) is 1.43. The Morgan fingerprint density at radius 2 is 2.00 bits per heavy atom. The molecule has 17 heavy (non-hydrogen) atoms. The molecule has 94 valence electrons. The summed E-state index contributed by atoms with van der Waals surface area (Å²) >= 11 is 3.57. The SMILES string of the molecule is CCCCSC(C=O)C(C)Sc1ccccc1. The monoisotopic (exact) mass is 268 g/mol. The van der Waals surface area contributed by atoms with Gasteiger partial charge in [0, 0.05) is 10.1 Å². The quantitative estimate of drug-likeness (QED) is 0.398. The Morgan fingerprint density at radius 3 is 2.59 bits per heavy atom. The van der Waals surface area contributed by atoms with E-state index in [4.69, 9.17) is 0 Å². The van der Waals surface area contributed by atoms with Gasteiger partial charge in [-0.15, -0.1) is 23.5 Å².